The van der Waals surface area contributed by atoms with E-state index in [0.717, 1.165) is 11.5 Å². The lowest BCUT2D eigenvalue weighted by atomic mass is 10.3. The zero-order chi connectivity index (χ0) is 12.0. The van der Waals surface area contributed by atoms with Gasteiger partial charge in [-0.2, -0.15) is 0 Å². The van der Waals surface area contributed by atoms with Crippen molar-refractivity contribution >= 4 is 15.7 Å². The highest BCUT2D eigenvalue weighted by Gasteiger charge is 2.04. The minimum Gasteiger partial charge on any atom is -0.497 e. The number of aliphatic hydroxyl groups is 1. The first-order valence-corrected chi connectivity index (χ1v) is 6.06. The third-order valence-corrected chi connectivity index (χ3v) is 2.80. The number of rotatable bonds is 5. The van der Waals surface area contributed by atoms with Gasteiger partial charge in [0.2, 0.25) is 0 Å². The molecule has 1 aromatic rings. The van der Waals surface area contributed by atoms with E-state index in [0.29, 0.717) is 11.4 Å². The van der Waals surface area contributed by atoms with Gasteiger partial charge in [-0.3, -0.25) is 4.72 Å². The summed E-state index contributed by atoms with van der Waals surface area (Å²) in [7, 11) is -2.02. The lowest BCUT2D eigenvalue weighted by Gasteiger charge is -2.05. The average Bonchev–Trinajstić information content (AvgIpc) is 2.27. The van der Waals surface area contributed by atoms with Crippen LogP contribution in [0.15, 0.2) is 35.7 Å². The number of hydrogen-bond acceptors (Lipinski definition) is 4. The summed E-state index contributed by atoms with van der Waals surface area (Å²) in [6.07, 6.45) is 1.14. The Labute approximate surface area is 94.4 Å². The van der Waals surface area contributed by atoms with Crippen LogP contribution in [0.3, 0.4) is 0 Å². The fourth-order valence-electron chi connectivity index (χ4n) is 1.03. The number of hydrogen-bond donors (Lipinski definition) is 2. The molecule has 1 rings (SSSR count). The zero-order valence-corrected chi connectivity index (χ0v) is 9.57. The van der Waals surface area contributed by atoms with Gasteiger partial charge in [-0.15, -0.1) is 0 Å². The summed E-state index contributed by atoms with van der Waals surface area (Å²) in [6.45, 7) is -0.316. The zero-order valence-electron chi connectivity index (χ0n) is 8.75. The fraction of sp³-hybridized carbons (Fsp3) is 0.200. The summed E-state index contributed by atoms with van der Waals surface area (Å²) < 4.78 is 30.0. The second-order valence-electron chi connectivity index (χ2n) is 2.93. The molecule has 0 saturated heterocycles. The van der Waals surface area contributed by atoms with Gasteiger partial charge in [0.1, 0.15) is 5.75 Å². The largest absolute Gasteiger partial charge is 0.497 e. The van der Waals surface area contributed by atoms with E-state index in [9.17, 15) is 8.42 Å². The summed E-state index contributed by atoms with van der Waals surface area (Å²) in [5.41, 5.74) is 0.434. The third-order valence-electron chi connectivity index (χ3n) is 1.73. The lowest BCUT2D eigenvalue weighted by Crippen LogP contribution is -2.08. The highest BCUT2D eigenvalue weighted by atomic mass is 32.2. The lowest BCUT2D eigenvalue weighted by molar-refractivity contribution is 0.343. The molecule has 0 aromatic heterocycles. The number of benzene rings is 1. The molecule has 16 heavy (non-hydrogen) atoms. The molecule has 6 heteroatoms. The molecular weight excluding hydrogens is 230 g/mol. The first-order valence-electron chi connectivity index (χ1n) is 4.51. The van der Waals surface area contributed by atoms with Crippen LogP contribution in [0, 0.1) is 0 Å². The van der Waals surface area contributed by atoms with Crippen molar-refractivity contribution in [2.75, 3.05) is 18.4 Å². The maximum atomic E-state index is 11.4. The molecule has 0 unspecified atom stereocenters. The summed E-state index contributed by atoms with van der Waals surface area (Å²) in [4.78, 5) is 0. The van der Waals surface area contributed by atoms with E-state index in [-0.39, 0.29) is 6.61 Å². The first-order chi connectivity index (χ1) is 7.57. The molecular formula is C10H13NO4S. The van der Waals surface area contributed by atoms with Crippen molar-refractivity contribution < 1.29 is 18.3 Å². The van der Waals surface area contributed by atoms with Gasteiger partial charge in [-0.05, 0) is 30.3 Å². The van der Waals surface area contributed by atoms with E-state index in [2.05, 4.69) is 4.72 Å². The summed E-state index contributed by atoms with van der Waals surface area (Å²) in [5.74, 6) is 0.647. The molecule has 0 bridgehead atoms. The molecule has 0 saturated carbocycles. The van der Waals surface area contributed by atoms with Crippen LogP contribution in [0.25, 0.3) is 0 Å². The second-order valence-corrected chi connectivity index (χ2v) is 4.50. The number of nitrogens with one attached hydrogen (secondary N) is 1. The van der Waals surface area contributed by atoms with Crippen LogP contribution in [0.2, 0.25) is 0 Å². The highest BCUT2D eigenvalue weighted by molar-refractivity contribution is 7.95. The van der Waals surface area contributed by atoms with E-state index in [1.807, 2.05) is 0 Å². The van der Waals surface area contributed by atoms with E-state index >= 15 is 0 Å². The number of anilines is 1. The van der Waals surface area contributed by atoms with Gasteiger partial charge in [0.25, 0.3) is 10.0 Å². The predicted octanol–water partition coefficient (Wildman–Crippen LogP) is 0.943. The van der Waals surface area contributed by atoms with Crippen LogP contribution >= 0.6 is 0 Å². The van der Waals surface area contributed by atoms with Crippen LogP contribution in [0.5, 0.6) is 5.75 Å². The summed E-state index contributed by atoms with van der Waals surface area (Å²) in [5, 5.41) is 9.38. The van der Waals surface area contributed by atoms with Crippen molar-refractivity contribution in [1.29, 1.82) is 0 Å². The first kappa shape index (κ1) is 12.5. The van der Waals surface area contributed by atoms with E-state index in [4.69, 9.17) is 9.84 Å². The Morgan fingerprint density at radius 1 is 1.38 bits per heavy atom. The van der Waals surface area contributed by atoms with Crippen LogP contribution in [-0.2, 0) is 10.0 Å². The molecule has 0 heterocycles. The maximum absolute atomic E-state index is 11.4. The van der Waals surface area contributed by atoms with Gasteiger partial charge in [0.05, 0.1) is 13.7 Å². The van der Waals surface area contributed by atoms with Crippen LogP contribution in [-0.4, -0.2) is 27.2 Å². The van der Waals surface area contributed by atoms with E-state index < -0.39 is 10.0 Å². The monoisotopic (exact) mass is 243 g/mol. The Hall–Kier alpha value is -1.53. The average molecular weight is 243 g/mol. The normalized spacial score (nSPS) is 11.6. The minimum absolute atomic E-state index is 0.316. The minimum atomic E-state index is -3.55. The van der Waals surface area contributed by atoms with Crippen molar-refractivity contribution in [2.24, 2.45) is 0 Å². The molecule has 0 amide bonds. The number of sulfonamides is 1. The van der Waals surface area contributed by atoms with Crippen LogP contribution < -0.4 is 9.46 Å². The molecule has 2 N–H and O–H groups in total. The predicted molar refractivity (Wildman–Crippen MR) is 61.8 cm³/mol. The van der Waals surface area contributed by atoms with E-state index in [1.54, 1.807) is 24.3 Å². The Morgan fingerprint density at radius 2 is 2.00 bits per heavy atom. The quantitative estimate of drug-likeness (QED) is 0.807. The molecule has 88 valence electrons. The smallest absolute Gasteiger partial charge is 0.254 e. The van der Waals surface area contributed by atoms with Crippen molar-refractivity contribution in [3.05, 3.63) is 35.7 Å². The summed E-state index contributed by atoms with van der Waals surface area (Å²) >= 11 is 0. The van der Waals surface area contributed by atoms with Gasteiger partial charge in [0.15, 0.2) is 0 Å². The third kappa shape index (κ3) is 3.92. The van der Waals surface area contributed by atoms with Crippen molar-refractivity contribution in [1.82, 2.24) is 0 Å². The summed E-state index contributed by atoms with van der Waals surface area (Å²) in [6, 6.07) is 6.47. The fourth-order valence-corrected chi connectivity index (χ4v) is 1.90. The van der Waals surface area contributed by atoms with Gasteiger partial charge in [-0.25, -0.2) is 8.42 Å². The molecule has 0 aliphatic heterocycles. The van der Waals surface area contributed by atoms with E-state index in [1.165, 1.54) is 7.11 Å². The molecule has 0 atom stereocenters. The van der Waals surface area contributed by atoms with Crippen LogP contribution in [0.1, 0.15) is 0 Å². The van der Waals surface area contributed by atoms with Crippen molar-refractivity contribution in [3.63, 3.8) is 0 Å². The van der Waals surface area contributed by atoms with Crippen molar-refractivity contribution in [2.45, 2.75) is 0 Å². The molecule has 0 fully saturated rings. The van der Waals surface area contributed by atoms with Gasteiger partial charge in [-0.1, -0.05) is 0 Å². The second kappa shape index (κ2) is 5.53. The van der Waals surface area contributed by atoms with Crippen molar-refractivity contribution in [3.8, 4) is 5.75 Å². The molecule has 5 nitrogen and oxygen atoms in total. The SMILES string of the molecule is COc1ccc(NS(=O)(=O)/C=C/CO)cc1. The molecule has 0 spiro atoms. The number of methoxy groups -OCH3 is 1. The van der Waals surface area contributed by atoms with Crippen LogP contribution in [0.4, 0.5) is 5.69 Å². The molecule has 1 aromatic carbocycles. The van der Waals surface area contributed by atoms with Gasteiger partial charge < -0.3 is 9.84 Å². The number of aliphatic hydroxyl groups excluding tert-OH is 1. The molecule has 0 aliphatic rings. The van der Waals surface area contributed by atoms with Gasteiger partial charge >= 0.3 is 0 Å². The topological polar surface area (TPSA) is 75.6 Å². The Balaban J connectivity index is 2.76. The van der Waals surface area contributed by atoms with Gasteiger partial charge in [0, 0.05) is 11.1 Å². The highest BCUT2D eigenvalue weighted by Crippen LogP contribution is 2.16. The Bertz CT molecular complexity index is 450. The Morgan fingerprint density at radius 3 is 2.50 bits per heavy atom. The molecule has 0 radical (unpaired) electrons. The standard InChI is InChI=1S/C10H13NO4S/c1-15-10-5-3-9(4-6-10)11-16(13,14)8-2-7-12/h2-6,8,11-12H,7H2,1H3/b8-2+. The maximum Gasteiger partial charge on any atom is 0.254 e. The molecule has 0 aliphatic carbocycles. The Kier molecular flexibility index (Phi) is 4.33. The number of ether oxygens (including phenoxy) is 1.